The van der Waals surface area contributed by atoms with E-state index in [-0.39, 0.29) is 18.2 Å². The molecule has 0 aliphatic heterocycles. The fourth-order valence-corrected chi connectivity index (χ4v) is 1.73. The average molecular weight is 258 g/mol. The van der Waals surface area contributed by atoms with Crippen LogP contribution in [0, 0.1) is 23.4 Å². The molecule has 1 aromatic carbocycles. The third kappa shape index (κ3) is 2.81. The lowest BCUT2D eigenvalue weighted by atomic mass is 10.1. The predicted octanol–water partition coefficient (Wildman–Crippen LogP) is 2.17. The highest BCUT2D eigenvalue weighted by Gasteiger charge is 2.30. The highest BCUT2D eigenvalue weighted by molar-refractivity contribution is 5.91. The van der Waals surface area contributed by atoms with Gasteiger partial charge in [0.05, 0.1) is 5.69 Å². The fraction of sp³-hybridized carbons (Fsp3) is 0.417. The molecule has 1 fully saturated rings. The van der Waals surface area contributed by atoms with E-state index in [0.29, 0.717) is 5.92 Å². The molecule has 0 radical (unpaired) electrons. The van der Waals surface area contributed by atoms with Gasteiger partial charge in [-0.25, -0.2) is 13.2 Å². The van der Waals surface area contributed by atoms with E-state index in [1.165, 1.54) is 0 Å². The molecule has 3 N–H and O–H groups in total. The van der Waals surface area contributed by atoms with E-state index >= 15 is 0 Å². The molecule has 0 saturated heterocycles. The molecule has 0 spiro atoms. The smallest absolute Gasteiger partial charge is 0.226 e. The Morgan fingerprint density at radius 2 is 2.00 bits per heavy atom. The van der Waals surface area contributed by atoms with Crippen LogP contribution in [0.3, 0.4) is 0 Å². The van der Waals surface area contributed by atoms with Crippen LogP contribution in [0.25, 0.3) is 0 Å². The molecule has 2 rings (SSSR count). The van der Waals surface area contributed by atoms with Crippen molar-refractivity contribution in [2.45, 2.75) is 25.3 Å². The molecule has 1 aliphatic carbocycles. The minimum absolute atomic E-state index is 0.0447. The van der Waals surface area contributed by atoms with Gasteiger partial charge in [0.1, 0.15) is 0 Å². The molecule has 3 nitrogen and oxygen atoms in total. The van der Waals surface area contributed by atoms with Crippen LogP contribution in [0.1, 0.15) is 19.3 Å². The lowest BCUT2D eigenvalue weighted by Crippen LogP contribution is -2.29. The summed E-state index contributed by atoms with van der Waals surface area (Å²) in [7, 11) is 0. The summed E-state index contributed by atoms with van der Waals surface area (Å²) >= 11 is 0. The fourth-order valence-electron chi connectivity index (χ4n) is 1.73. The second-order valence-corrected chi connectivity index (χ2v) is 4.48. The van der Waals surface area contributed by atoms with Crippen molar-refractivity contribution in [1.29, 1.82) is 0 Å². The Labute approximate surface area is 102 Å². The van der Waals surface area contributed by atoms with E-state index in [1.54, 1.807) is 0 Å². The van der Waals surface area contributed by atoms with Crippen molar-refractivity contribution in [2.24, 2.45) is 11.7 Å². The summed E-state index contributed by atoms with van der Waals surface area (Å²) in [5.41, 5.74) is 5.36. The van der Waals surface area contributed by atoms with E-state index in [1.807, 2.05) is 0 Å². The highest BCUT2D eigenvalue weighted by atomic mass is 19.2. The maximum atomic E-state index is 13.3. The summed E-state index contributed by atoms with van der Waals surface area (Å²) in [5.74, 6) is -4.45. The average Bonchev–Trinajstić information content (AvgIpc) is 3.14. The zero-order chi connectivity index (χ0) is 13.3. The number of halogens is 3. The van der Waals surface area contributed by atoms with Crippen LogP contribution in [-0.4, -0.2) is 11.9 Å². The van der Waals surface area contributed by atoms with E-state index in [9.17, 15) is 18.0 Å². The van der Waals surface area contributed by atoms with Crippen molar-refractivity contribution in [1.82, 2.24) is 0 Å². The van der Waals surface area contributed by atoms with Gasteiger partial charge in [0, 0.05) is 12.5 Å². The van der Waals surface area contributed by atoms with Gasteiger partial charge in [-0.2, -0.15) is 0 Å². The molecule has 0 bridgehead atoms. The van der Waals surface area contributed by atoms with Crippen molar-refractivity contribution in [2.75, 3.05) is 5.32 Å². The number of hydrogen-bond donors (Lipinski definition) is 2. The molecule has 1 amide bonds. The number of nitrogens with one attached hydrogen (secondary N) is 1. The van der Waals surface area contributed by atoms with Gasteiger partial charge in [0.15, 0.2) is 17.5 Å². The molecule has 1 unspecified atom stereocenters. The standard InChI is InChI=1S/C12H13F3N2O/c13-7-3-4-9(12(15)11(7)14)17-10(18)5-8(16)6-1-2-6/h3-4,6,8H,1-2,5,16H2,(H,17,18). The van der Waals surface area contributed by atoms with Gasteiger partial charge < -0.3 is 11.1 Å². The molecular weight excluding hydrogens is 245 g/mol. The number of carbonyl (C=O) groups is 1. The highest BCUT2D eigenvalue weighted by Crippen LogP contribution is 2.33. The van der Waals surface area contributed by atoms with Gasteiger partial charge in [0.2, 0.25) is 5.91 Å². The van der Waals surface area contributed by atoms with Crippen LogP contribution in [-0.2, 0) is 4.79 Å². The van der Waals surface area contributed by atoms with Crippen molar-refractivity contribution in [3.8, 4) is 0 Å². The Hall–Kier alpha value is -1.56. The van der Waals surface area contributed by atoms with Crippen molar-refractivity contribution < 1.29 is 18.0 Å². The second kappa shape index (κ2) is 4.97. The Bertz CT molecular complexity index is 475. The topological polar surface area (TPSA) is 55.1 Å². The predicted molar refractivity (Wildman–Crippen MR) is 60.3 cm³/mol. The lowest BCUT2D eigenvalue weighted by molar-refractivity contribution is -0.116. The molecule has 6 heteroatoms. The number of amides is 1. The van der Waals surface area contributed by atoms with Gasteiger partial charge in [-0.05, 0) is 30.9 Å². The molecule has 18 heavy (non-hydrogen) atoms. The van der Waals surface area contributed by atoms with Crippen LogP contribution in [0.4, 0.5) is 18.9 Å². The molecule has 98 valence electrons. The molecular formula is C12H13F3N2O. The minimum Gasteiger partial charge on any atom is -0.327 e. The summed E-state index contributed by atoms with van der Waals surface area (Å²) in [6, 6.07) is 1.47. The molecule has 1 aromatic rings. The summed E-state index contributed by atoms with van der Waals surface area (Å²) in [5, 5.41) is 2.19. The van der Waals surface area contributed by atoms with E-state index in [2.05, 4.69) is 5.32 Å². The SMILES string of the molecule is NC(CC(=O)Nc1ccc(F)c(F)c1F)C1CC1. The van der Waals surface area contributed by atoms with Gasteiger partial charge in [-0.15, -0.1) is 0 Å². The van der Waals surface area contributed by atoms with Gasteiger partial charge in [0.25, 0.3) is 0 Å². The Kier molecular flexibility index (Phi) is 3.56. The summed E-state index contributed by atoms with van der Waals surface area (Å²) in [6.45, 7) is 0. The number of benzene rings is 1. The minimum atomic E-state index is -1.60. The molecule has 1 aliphatic rings. The van der Waals surface area contributed by atoms with Crippen molar-refractivity contribution in [3.05, 3.63) is 29.6 Å². The first-order valence-corrected chi connectivity index (χ1v) is 5.68. The van der Waals surface area contributed by atoms with Crippen LogP contribution in [0.5, 0.6) is 0 Å². The normalized spacial score (nSPS) is 16.4. The van der Waals surface area contributed by atoms with Crippen LogP contribution >= 0.6 is 0 Å². The van der Waals surface area contributed by atoms with E-state index in [0.717, 1.165) is 25.0 Å². The quantitative estimate of drug-likeness (QED) is 0.813. The molecule has 1 saturated carbocycles. The molecule has 0 aromatic heterocycles. The summed E-state index contributed by atoms with van der Waals surface area (Å²) in [6.07, 6.45) is 2.03. The molecule has 0 heterocycles. The maximum absolute atomic E-state index is 13.3. The lowest BCUT2D eigenvalue weighted by Gasteiger charge is -2.11. The Balaban J connectivity index is 2.00. The third-order valence-corrected chi connectivity index (χ3v) is 2.96. The van der Waals surface area contributed by atoms with Gasteiger partial charge in [-0.1, -0.05) is 0 Å². The zero-order valence-corrected chi connectivity index (χ0v) is 9.55. The first-order chi connectivity index (χ1) is 8.49. The number of hydrogen-bond acceptors (Lipinski definition) is 2. The maximum Gasteiger partial charge on any atom is 0.226 e. The first kappa shape index (κ1) is 12.9. The third-order valence-electron chi connectivity index (χ3n) is 2.96. The number of rotatable bonds is 4. The summed E-state index contributed by atoms with van der Waals surface area (Å²) < 4.78 is 38.9. The second-order valence-electron chi connectivity index (χ2n) is 4.48. The van der Waals surface area contributed by atoms with Crippen molar-refractivity contribution >= 4 is 11.6 Å². The van der Waals surface area contributed by atoms with E-state index < -0.39 is 23.4 Å². The zero-order valence-electron chi connectivity index (χ0n) is 9.55. The summed E-state index contributed by atoms with van der Waals surface area (Å²) in [4.78, 5) is 11.5. The number of nitrogens with two attached hydrogens (primary N) is 1. The van der Waals surface area contributed by atoms with Crippen LogP contribution in [0.15, 0.2) is 12.1 Å². The number of carbonyl (C=O) groups excluding carboxylic acids is 1. The van der Waals surface area contributed by atoms with Crippen LogP contribution in [0.2, 0.25) is 0 Å². The van der Waals surface area contributed by atoms with Crippen LogP contribution < -0.4 is 11.1 Å². The van der Waals surface area contributed by atoms with Gasteiger partial charge >= 0.3 is 0 Å². The largest absolute Gasteiger partial charge is 0.327 e. The number of anilines is 1. The Morgan fingerprint density at radius 3 is 2.61 bits per heavy atom. The van der Waals surface area contributed by atoms with Crippen molar-refractivity contribution in [3.63, 3.8) is 0 Å². The first-order valence-electron chi connectivity index (χ1n) is 5.68. The van der Waals surface area contributed by atoms with E-state index in [4.69, 9.17) is 5.73 Å². The monoisotopic (exact) mass is 258 g/mol. The van der Waals surface area contributed by atoms with Gasteiger partial charge in [-0.3, -0.25) is 4.79 Å². The Morgan fingerprint density at radius 1 is 1.33 bits per heavy atom. The molecule has 1 atom stereocenters.